The third-order valence-electron chi connectivity index (χ3n) is 1.22. The summed E-state index contributed by atoms with van der Waals surface area (Å²) in [6, 6.07) is 0. The molecule has 0 aliphatic rings. The molecule has 2 N–H and O–H groups in total. The van der Waals surface area contributed by atoms with E-state index in [1.165, 1.54) is 20.1 Å². The van der Waals surface area contributed by atoms with E-state index in [-0.39, 0.29) is 24.4 Å². The molecule has 8 heteroatoms. The summed E-state index contributed by atoms with van der Waals surface area (Å²) in [5.41, 5.74) is 0. The van der Waals surface area contributed by atoms with Crippen molar-refractivity contribution in [3.63, 3.8) is 0 Å². The van der Waals surface area contributed by atoms with Crippen LogP contribution in [0.4, 0.5) is 0 Å². The van der Waals surface area contributed by atoms with Crippen molar-refractivity contribution >= 4 is 23.5 Å². The highest BCUT2D eigenvalue weighted by Gasteiger charge is 1.98. The Balaban J connectivity index is -0.000000231. The van der Waals surface area contributed by atoms with Crippen molar-refractivity contribution in [2.45, 2.75) is 40.0 Å². The average molecular weight is 306 g/mol. The lowest BCUT2D eigenvalue weighted by atomic mass is 10.3. The van der Waals surface area contributed by atoms with Gasteiger partial charge in [0, 0.05) is 0 Å². The molecule has 0 unspecified atom stereocenters. The SMILES string of the molecule is C=COOCCC.CC(=O)CC(=O)O.CC(=O)CC(=O)O. The number of aliphatic carboxylic acids is 2. The maximum atomic E-state index is 9.87. The number of carbonyl (C=O) groups excluding carboxylic acids is 2. The lowest BCUT2D eigenvalue weighted by Gasteiger charge is -1.93. The summed E-state index contributed by atoms with van der Waals surface area (Å²) >= 11 is 0. The zero-order valence-electron chi connectivity index (χ0n) is 12.5. The monoisotopic (exact) mass is 306 g/mol. The first kappa shape index (κ1) is 23.8. The van der Waals surface area contributed by atoms with Gasteiger partial charge in [-0.1, -0.05) is 13.5 Å². The van der Waals surface area contributed by atoms with Crippen molar-refractivity contribution in [3.05, 3.63) is 12.8 Å². The van der Waals surface area contributed by atoms with Crippen LogP contribution >= 0.6 is 0 Å². The number of rotatable bonds is 8. The van der Waals surface area contributed by atoms with Crippen LogP contribution in [0.1, 0.15) is 40.0 Å². The summed E-state index contributed by atoms with van der Waals surface area (Å²) in [6.45, 7) is 8.41. The van der Waals surface area contributed by atoms with Gasteiger partial charge >= 0.3 is 11.9 Å². The van der Waals surface area contributed by atoms with E-state index in [4.69, 9.17) is 10.2 Å². The van der Waals surface area contributed by atoms with Gasteiger partial charge in [-0.15, -0.1) is 0 Å². The topological polar surface area (TPSA) is 127 Å². The Labute approximate surface area is 123 Å². The number of hydrogen-bond donors (Lipinski definition) is 2. The third kappa shape index (κ3) is 46.3. The Morgan fingerprint density at radius 2 is 1.38 bits per heavy atom. The summed E-state index contributed by atoms with van der Waals surface area (Å²) in [7, 11) is 0. The zero-order valence-corrected chi connectivity index (χ0v) is 12.5. The lowest BCUT2D eigenvalue weighted by Crippen LogP contribution is -2.00. The Morgan fingerprint density at radius 1 is 1.00 bits per heavy atom. The maximum absolute atomic E-state index is 9.87. The van der Waals surface area contributed by atoms with Crippen LogP contribution in [0.5, 0.6) is 0 Å². The minimum absolute atomic E-state index is 0.312. The van der Waals surface area contributed by atoms with Crippen LogP contribution in [0.15, 0.2) is 12.8 Å². The molecule has 122 valence electrons. The summed E-state index contributed by atoms with van der Waals surface area (Å²) in [4.78, 5) is 47.8. The molecule has 8 nitrogen and oxygen atoms in total. The van der Waals surface area contributed by atoms with E-state index in [1.807, 2.05) is 6.92 Å². The molecule has 0 spiro atoms. The van der Waals surface area contributed by atoms with Gasteiger partial charge in [-0.2, -0.15) is 4.89 Å². The Hall–Kier alpha value is -2.22. The van der Waals surface area contributed by atoms with Crippen molar-refractivity contribution in [2.75, 3.05) is 6.61 Å². The number of carboxylic acid groups (broad SMARTS) is 2. The average Bonchev–Trinajstić information content (AvgIpc) is 2.27. The first-order chi connectivity index (χ1) is 9.67. The Bertz CT molecular complexity index is 285. The van der Waals surface area contributed by atoms with Gasteiger partial charge in [0.2, 0.25) is 0 Å². The molecule has 0 aromatic rings. The van der Waals surface area contributed by atoms with Crippen LogP contribution in [0.2, 0.25) is 0 Å². The standard InChI is InChI=1S/C5H10O2.2C4H6O3/c1-3-5-7-6-4-2;2*1-3(5)2-4(6)7/h4H,2-3,5H2,1H3;2*2H2,1H3,(H,6,7). The Kier molecular flexibility index (Phi) is 20.2. The molecule has 0 bridgehead atoms. The van der Waals surface area contributed by atoms with E-state index in [9.17, 15) is 19.2 Å². The van der Waals surface area contributed by atoms with Crippen molar-refractivity contribution in [1.29, 1.82) is 0 Å². The molecule has 0 rings (SSSR count). The maximum Gasteiger partial charge on any atom is 0.310 e. The normalized spacial score (nSPS) is 8.14. The molecular formula is C13H22O8. The van der Waals surface area contributed by atoms with Crippen LogP contribution in [0.3, 0.4) is 0 Å². The first-order valence-corrected chi connectivity index (χ1v) is 5.98. The number of ketones is 2. The fourth-order valence-electron chi connectivity index (χ4n) is 0.605. The van der Waals surface area contributed by atoms with Crippen LogP contribution in [0.25, 0.3) is 0 Å². The Morgan fingerprint density at radius 3 is 1.52 bits per heavy atom. The predicted octanol–water partition coefficient (Wildman–Crippen LogP) is 1.59. The van der Waals surface area contributed by atoms with Crippen molar-refractivity contribution in [3.8, 4) is 0 Å². The van der Waals surface area contributed by atoms with Gasteiger partial charge in [0.25, 0.3) is 0 Å². The summed E-state index contributed by atoms with van der Waals surface area (Å²) in [5.74, 6) is -2.75. The van der Waals surface area contributed by atoms with Crippen molar-refractivity contribution < 1.29 is 39.2 Å². The van der Waals surface area contributed by atoms with Crippen molar-refractivity contribution in [1.82, 2.24) is 0 Å². The molecule has 0 heterocycles. The fourth-order valence-corrected chi connectivity index (χ4v) is 0.605. The lowest BCUT2D eigenvalue weighted by molar-refractivity contribution is -0.247. The summed E-state index contributed by atoms with van der Waals surface area (Å²) < 4.78 is 0. The highest BCUT2D eigenvalue weighted by Crippen LogP contribution is 1.80. The van der Waals surface area contributed by atoms with Gasteiger partial charge in [-0.3, -0.25) is 19.2 Å². The third-order valence-corrected chi connectivity index (χ3v) is 1.22. The zero-order chi connectivity index (χ0) is 17.3. The van der Waals surface area contributed by atoms with E-state index >= 15 is 0 Å². The minimum atomic E-state index is -1.06. The van der Waals surface area contributed by atoms with Gasteiger partial charge in [0.15, 0.2) is 0 Å². The van der Waals surface area contributed by atoms with Gasteiger partial charge in [-0.25, -0.2) is 0 Å². The molecule has 0 saturated heterocycles. The van der Waals surface area contributed by atoms with Crippen LogP contribution in [0, 0.1) is 0 Å². The molecule has 0 aromatic carbocycles. The molecule has 21 heavy (non-hydrogen) atoms. The molecule has 0 aliphatic heterocycles. The highest BCUT2D eigenvalue weighted by molar-refractivity contribution is 5.93. The molecule has 0 radical (unpaired) electrons. The molecule has 0 aliphatic carbocycles. The van der Waals surface area contributed by atoms with Crippen LogP contribution in [-0.2, 0) is 29.0 Å². The van der Waals surface area contributed by atoms with E-state index < -0.39 is 11.9 Å². The van der Waals surface area contributed by atoms with E-state index in [2.05, 4.69) is 16.4 Å². The molecule has 0 aromatic heterocycles. The number of carbonyl (C=O) groups is 4. The number of hydrogen-bond acceptors (Lipinski definition) is 6. The van der Waals surface area contributed by atoms with E-state index in [0.717, 1.165) is 6.42 Å². The summed E-state index contributed by atoms with van der Waals surface area (Å²) in [5, 5.41) is 15.7. The van der Waals surface area contributed by atoms with Crippen molar-refractivity contribution in [2.24, 2.45) is 0 Å². The van der Waals surface area contributed by atoms with E-state index in [0.29, 0.717) is 6.61 Å². The highest BCUT2D eigenvalue weighted by atomic mass is 17.2. The van der Waals surface area contributed by atoms with E-state index in [1.54, 1.807) is 0 Å². The predicted molar refractivity (Wildman–Crippen MR) is 73.4 cm³/mol. The second-order valence-electron chi connectivity index (χ2n) is 3.63. The molecule has 0 amide bonds. The van der Waals surface area contributed by atoms with Crippen LogP contribution < -0.4 is 0 Å². The minimum Gasteiger partial charge on any atom is -0.481 e. The number of Topliss-reactive ketones (excluding diaryl/α,β-unsaturated/α-hetero) is 2. The molecule has 0 fully saturated rings. The second-order valence-corrected chi connectivity index (χ2v) is 3.63. The quantitative estimate of drug-likeness (QED) is 0.227. The second kappa shape index (κ2) is 17.8. The fraction of sp³-hybridized carbons (Fsp3) is 0.538. The molecule has 0 atom stereocenters. The number of carboxylic acids is 2. The smallest absolute Gasteiger partial charge is 0.310 e. The van der Waals surface area contributed by atoms with Gasteiger partial charge in [0.1, 0.15) is 30.7 Å². The van der Waals surface area contributed by atoms with Gasteiger partial charge < -0.3 is 15.1 Å². The van der Waals surface area contributed by atoms with Crippen LogP contribution in [-0.4, -0.2) is 40.3 Å². The van der Waals surface area contributed by atoms with Gasteiger partial charge in [0.05, 0.1) is 6.61 Å². The van der Waals surface area contributed by atoms with Gasteiger partial charge in [-0.05, 0) is 20.3 Å². The molecular weight excluding hydrogens is 284 g/mol. The largest absolute Gasteiger partial charge is 0.481 e. The molecule has 0 saturated carbocycles. The summed E-state index contributed by atoms with van der Waals surface area (Å²) in [6.07, 6.45) is 1.50. The first-order valence-electron chi connectivity index (χ1n) is 5.98.